The van der Waals surface area contributed by atoms with E-state index in [0.717, 1.165) is 0 Å². The normalized spacial score (nSPS) is 12.3. The summed E-state index contributed by atoms with van der Waals surface area (Å²) in [5.74, 6) is 1.11. The lowest BCUT2D eigenvalue weighted by atomic mass is 10.1. The highest BCUT2D eigenvalue weighted by molar-refractivity contribution is 6.07. The second-order valence-electron chi connectivity index (χ2n) is 5.41. The molecule has 0 saturated carbocycles. The van der Waals surface area contributed by atoms with Gasteiger partial charge < -0.3 is 29.6 Å². The molecule has 2 aromatic rings. The molecule has 3 rings (SSSR count). The summed E-state index contributed by atoms with van der Waals surface area (Å²) in [6, 6.07) is 8.10. The quantitative estimate of drug-likeness (QED) is 0.852. The SMILES string of the molecule is COc1cc(OC)c(C(=O)Nc2ccc3c(c2)NC(=O)CO3)cc1OC. The van der Waals surface area contributed by atoms with Crippen molar-refractivity contribution < 1.29 is 28.5 Å². The maximum Gasteiger partial charge on any atom is 0.262 e. The number of carbonyl (C=O) groups is 2. The average Bonchev–Trinajstić information content (AvgIpc) is 2.66. The number of ether oxygens (including phenoxy) is 4. The van der Waals surface area contributed by atoms with Crippen LogP contribution in [0.5, 0.6) is 23.0 Å². The Balaban J connectivity index is 1.88. The topological polar surface area (TPSA) is 95.1 Å². The van der Waals surface area contributed by atoms with Crippen LogP contribution in [-0.4, -0.2) is 39.8 Å². The average molecular weight is 358 g/mol. The smallest absolute Gasteiger partial charge is 0.262 e. The Morgan fingerprint density at radius 1 is 1.04 bits per heavy atom. The largest absolute Gasteiger partial charge is 0.496 e. The van der Waals surface area contributed by atoms with Crippen LogP contribution in [0.4, 0.5) is 11.4 Å². The molecular formula is C18H18N2O6. The molecule has 136 valence electrons. The minimum atomic E-state index is -0.397. The number of amides is 2. The van der Waals surface area contributed by atoms with Crippen molar-refractivity contribution >= 4 is 23.2 Å². The van der Waals surface area contributed by atoms with Gasteiger partial charge in [-0.2, -0.15) is 0 Å². The van der Waals surface area contributed by atoms with E-state index in [1.807, 2.05) is 0 Å². The number of hydrogen-bond acceptors (Lipinski definition) is 6. The molecule has 1 aliphatic rings. The summed E-state index contributed by atoms with van der Waals surface area (Å²) in [7, 11) is 4.45. The highest BCUT2D eigenvalue weighted by atomic mass is 16.5. The van der Waals surface area contributed by atoms with E-state index in [9.17, 15) is 9.59 Å². The van der Waals surface area contributed by atoms with Crippen molar-refractivity contribution in [1.82, 2.24) is 0 Å². The molecule has 2 aromatic carbocycles. The van der Waals surface area contributed by atoms with Gasteiger partial charge in [0.05, 0.1) is 32.6 Å². The van der Waals surface area contributed by atoms with E-state index < -0.39 is 5.91 Å². The molecule has 0 fully saturated rings. The van der Waals surface area contributed by atoms with Gasteiger partial charge in [0.25, 0.3) is 11.8 Å². The van der Waals surface area contributed by atoms with Gasteiger partial charge in [-0.3, -0.25) is 9.59 Å². The van der Waals surface area contributed by atoms with Crippen molar-refractivity contribution in [3.05, 3.63) is 35.9 Å². The van der Waals surface area contributed by atoms with Crippen LogP contribution in [-0.2, 0) is 4.79 Å². The zero-order valence-corrected chi connectivity index (χ0v) is 14.5. The molecular weight excluding hydrogens is 340 g/mol. The Bertz CT molecular complexity index is 865. The van der Waals surface area contributed by atoms with E-state index in [4.69, 9.17) is 18.9 Å². The third-order valence-corrected chi connectivity index (χ3v) is 3.82. The number of carbonyl (C=O) groups excluding carboxylic acids is 2. The van der Waals surface area contributed by atoms with Crippen molar-refractivity contribution in [3.63, 3.8) is 0 Å². The molecule has 0 unspecified atom stereocenters. The van der Waals surface area contributed by atoms with Crippen LogP contribution in [0.15, 0.2) is 30.3 Å². The van der Waals surface area contributed by atoms with E-state index in [1.54, 1.807) is 24.3 Å². The molecule has 1 heterocycles. The fraction of sp³-hybridized carbons (Fsp3) is 0.222. The molecule has 8 heteroatoms. The van der Waals surface area contributed by atoms with Gasteiger partial charge in [-0.25, -0.2) is 0 Å². The fourth-order valence-electron chi connectivity index (χ4n) is 2.57. The Labute approximate surface area is 150 Å². The van der Waals surface area contributed by atoms with Crippen molar-refractivity contribution in [1.29, 1.82) is 0 Å². The summed E-state index contributed by atoms with van der Waals surface area (Å²) in [6.07, 6.45) is 0. The van der Waals surface area contributed by atoms with E-state index in [-0.39, 0.29) is 18.1 Å². The van der Waals surface area contributed by atoms with E-state index in [0.29, 0.717) is 34.4 Å². The first kappa shape index (κ1) is 17.4. The number of methoxy groups -OCH3 is 3. The molecule has 0 aliphatic carbocycles. The molecule has 0 spiro atoms. The Morgan fingerprint density at radius 2 is 1.73 bits per heavy atom. The summed E-state index contributed by atoms with van der Waals surface area (Å²) in [4.78, 5) is 24.1. The summed E-state index contributed by atoms with van der Waals surface area (Å²) in [6.45, 7) is -0.0262. The molecule has 2 N–H and O–H groups in total. The number of rotatable bonds is 5. The summed E-state index contributed by atoms with van der Waals surface area (Å²) < 4.78 is 21.0. The Hall–Kier alpha value is -3.42. The van der Waals surface area contributed by atoms with Gasteiger partial charge in [-0.15, -0.1) is 0 Å². The Kier molecular flexibility index (Phi) is 4.83. The maximum atomic E-state index is 12.7. The molecule has 0 radical (unpaired) electrons. The zero-order chi connectivity index (χ0) is 18.7. The van der Waals surface area contributed by atoms with Gasteiger partial charge in [0.1, 0.15) is 11.5 Å². The van der Waals surface area contributed by atoms with Gasteiger partial charge in [0, 0.05) is 17.8 Å². The van der Waals surface area contributed by atoms with Crippen LogP contribution >= 0.6 is 0 Å². The lowest BCUT2D eigenvalue weighted by molar-refractivity contribution is -0.118. The molecule has 0 atom stereocenters. The van der Waals surface area contributed by atoms with Gasteiger partial charge in [0.2, 0.25) is 0 Å². The van der Waals surface area contributed by atoms with E-state index >= 15 is 0 Å². The van der Waals surface area contributed by atoms with E-state index in [2.05, 4.69) is 10.6 Å². The molecule has 1 aliphatic heterocycles. The van der Waals surface area contributed by atoms with Crippen molar-refractivity contribution in [2.75, 3.05) is 38.6 Å². The molecule has 2 amide bonds. The zero-order valence-electron chi connectivity index (χ0n) is 14.5. The van der Waals surface area contributed by atoms with Crippen molar-refractivity contribution in [3.8, 4) is 23.0 Å². The molecule has 0 saturated heterocycles. The third kappa shape index (κ3) is 3.34. The van der Waals surface area contributed by atoms with Crippen LogP contribution < -0.4 is 29.6 Å². The van der Waals surface area contributed by atoms with Gasteiger partial charge in [-0.1, -0.05) is 0 Å². The van der Waals surface area contributed by atoms with Crippen LogP contribution in [0.1, 0.15) is 10.4 Å². The first-order valence-corrected chi connectivity index (χ1v) is 7.73. The van der Waals surface area contributed by atoms with Crippen LogP contribution in [0, 0.1) is 0 Å². The standard InChI is InChI=1S/C18H18N2O6/c1-23-14-8-16(25-3)15(24-2)7-11(14)18(22)19-10-4-5-13-12(6-10)20-17(21)9-26-13/h4-8H,9H2,1-3H3,(H,19,22)(H,20,21). The number of fused-ring (bicyclic) bond motifs is 1. The molecule has 0 bridgehead atoms. The molecule has 8 nitrogen and oxygen atoms in total. The first-order chi connectivity index (χ1) is 12.5. The van der Waals surface area contributed by atoms with Crippen molar-refractivity contribution in [2.24, 2.45) is 0 Å². The second-order valence-corrected chi connectivity index (χ2v) is 5.41. The fourth-order valence-corrected chi connectivity index (χ4v) is 2.57. The predicted octanol–water partition coefficient (Wildman–Crippen LogP) is 2.30. The van der Waals surface area contributed by atoms with E-state index in [1.165, 1.54) is 27.4 Å². The second kappa shape index (κ2) is 7.22. The molecule has 0 aromatic heterocycles. The number of benzene rings is 2. The minimum Gasteiger partial charge on any atom is -0.496 e. The number of anilines is 2. The van der Waals surface area contributed by atoms with Gasteiger partial charge in [-0.05, 0) is 18.2 Å². The summed E-state index contributed by atoms with van der Waals surface area (Å²) in [5, 5.41) is 5.46. The predicted molar refractivity (Wildman–Crippen MR) is 94.6 cm³/mol. The monoisotopic (exact) mass is 358 g/mol. The third-order valence-electron chi connectivity index (χ3n) is 3.82. The number of hydrogen-bond donors (Lipinski definition) is 2. The number of nitrogens with one attached hydrogen (secondary N) is 2. The van der Waals surface area contributed by atoms with Gasteiger partial charge >= 0.3 is 0 Å². The van der Waals surface area contributed by atoms with Crippen LogP contribution in [0.3, 0.4) is 0 Å². The highest BCUT2D eigenvalue weighted by Crippen LogP contribution is 2.35. The van der Waals surface area contributed by atoms with Gasteiger partial charge in [0.15, 0.2) is 18.1 Å². The molecule has 26 heavy (non-hydrogen) atoms. The Morgan fingerprint density at radius 3 is 2.42 bits per heavy atom. The maximum absolute atomic E-state index is 12.7. The first-order valence-electron chi connectivity index (χ1n) is 7.73. The summed E-state index contributed by atoms with van der Waals surface area (Å²) in [5.41, 5.74) is 1.28. The minimum absolute atomic E-state index is 0.0262. The lowest BCUT2D eigenvalue weighted by Gasteiger charge is -2.19. The highest BCUT2D eigenvalue weighted by Gasteiger charge is 2.20. The lowest BCUT2D eigenvalue weighted by Crippen LogP contribution is -2.25. The summed E-state index contributed by atoms with van der Waals surface area (Å²) >= 11 is 0. The van der Waals surface area contributed by atoms with Crippen molar-refractivity contribution in [2.45, 2.75) is 0 Å². The van der Waals surface area contributed by atoms with Crippen LogP contribution in [0.2, 0.25) is 0 Å². The van der Waals surface area contributed by atoms with Crippen LogP contribution in [0.25, 0.3) is 0 Å².